The van der Waals surface area contributed by atoms with Crippen molar-refractivity contribution in [1.82, 2.24) is 0 Å². The highest BCUT2D eigenvalue weighted by molar-refractivity contribution is 14.1. The van der Waals surface area contributed by atoms with Crippen molar-refractivity contribution >= 4 is 28.3 Å². The van der Waals surface area contributed by atoms with Gasteiger partial charge in [-0.25, -0.2) is 0 Å². The van der Waals surface area contributed by atoms with Crippen LogP contribution in [0.25, 0.3) is 0 Å². The molecule has 0 aliphatic carbocycles. The third-order valence-electron chi connectivity index (χ3n) is 2.03. The highest BCUT2D eigenvalue weighted by atomic mass is 127. The van der Waals surface area contributed by atoms with E-state index < -0.39 is 4.92 Å². The Morgan fingerprint density at radius 2 is 2.29 bits per heavy atom. The maximum atomic E-state index is 10.5. The molecule has 0 spiro atoms. The van der Waals surface area contributed by atoms with Crippen LogP contribution in [-0.2, 0) is 0 Å². The Bertz CT molecular complexity index is 355. The summed E-state index contributed by atoms with van der Waals surface area (Å²) in [5.41, 5.74) is 6.93. The van der Waals surface area contributed by atoms with Crippen LogP contribution in [0.5, 0.6) is 0 Å². The minimum absolute atomic E-state index is 0.0392. The molecule has 5 heteroatoms. The summed E-state index contributed by atoms with van der Waals surface area (Å²) in [7, 11) is 0. The van der Waals surface area contributed by atoms with Gasteiger partial charge in [-0.1, -0.05) is 6.92 Å². The third-order valence-corrected chi connectivity index (χ3v) is 2.97. The molecule has 0 saturated heterocycles. The molecule has 0 heterocycles. The summed E-state index contributed by atoms with van der Waals surface area (Å²) >= 11 is 2.07. The van der Waals surface area contributed by atoms with Gasteiger partial charge in [0.15, 0.2) is 0 Å². The molecule has 0 saturated carbocycles. The SMILES string of the molecule is CCC(N)c1ccc([N+](=O)[O-])cc1I. The lowest BCUT2D eigenvalue weighted by Gasteiger charge is -2.10. The fourth-order valence-corrected chi connectivity index (χ4v) is 2.05. The van der Waals surface area contributed by atoms with Crippen LogP contribution in [0.15, 0.2) is 18.2 Å². The van der Waals surface area contributed by atoms with Crippen molar-refractivity contribution in [3.63, 3.8) is 0 Å². The van der Waals surface area contributed by atoms with Gasteiger partial charge in [0.1, 0.15) is 0 Å². The van der Waals surface area contributed by atoms with E-state index in [9.17, 15) is 10.1 Å². The van der Waals surface area contributed by atoms with Gasteiger partial charge in [0.05, 0.1) is 4.92 Å². The zero-order valence-electron chi connectivity index (χ0n) is 7.74. The van der Waals surface area contributed by atoms with E-state index in [4.69, 9.17) is 5.73 Å². The lowest BCUT2D eigenvalue weighted by molar-refractivity contribution is -0.385. The van der Waals surface area contributed by atoms with E-state index in [0.717, 1.165) is 15.6 Å². The van der Waals surface area contributed by atoms with Gasteiger partial charge < -0.3 is 5.73 Å². The van der Waals surface area contributed by atoms with Gasteiger partial charge in [0.25, 0.3) is 5.69 Å². The number of benzene rings is 1. The van der Waals surface area contributed by atoms with Crippen molar-refractivity contribution in [1.29, 1.82) is 0 Å². The van der Waals surface area contributed by atoms with Crippen LogP contribution < -0.4 is 5.73 Å². The molecule has 0 bridgehead atoms. The van der Waals surface area contributed by atoms with E-state index in [0.29, 0.717) is 0 Å². The van der Waals surface area contributed by atoms with E-state index in [1.165, 1.54) is 6.07 Å². The Morgan fingerprint density at radius 1 is 1.64 bits per heavy atom. The van der Waals surface area contributed by atoms with Gasteiger partial charge in [0.2, 0.25) is 0 Å². The lowest BCUT2D eigenvalue weighted by Crippen LogP contribution is -2.10. The summed E-state index contributed by atoms with van der Waals surface area (Å²) in [5, 5.41) is 10.5. The molecule has 1 rings (SSSR count). The Labute approximate surface area is 95.8 Å². The summed E-state index contributed by atoms with van der Waals surface area (Å²) < 4.78 is 0.853. The Balaban J connectivity index is 3.07. The minimum Gasteiger partial charge on any atom is -0.324 e. The van der Waals surface area contributed by atoms with E-state index in [-0.39, 0.29) is 11.7 Å². The first-order valence-corrected chi connectivity index (χ1v) is 5.33. The average molecular weight is 306 g/mol. The molecule has 0 aliphatic rings. The summed E-state index contributed by atoms with van der Waals surface area (Å²) in [5.74, 6) is 0. The number of non-ortho nitro benzene ring substituents is 1. The predicted molar refractivity (Wildman–Crippen MR) is 63.0 cm³/mol. The highest BCUT2D eigenvalue weighted by Crippen LogP contribution is 2.24. The van der Waals surface area contributed by atoms with Crippen molar-refractivity contribution in [2.24, 2.45) is 5.73 Å². The van der Waals surface area contributed by atoms with Crippen LogP contribution in [0.2, 0.25) is 0 Å². The molecular weight excluding hydrogens is 295 g/mol. The van der Waals surface area contributed by atoms with Crippen molar-refractivity contribution in [3.05, 3.63) is 37.4 Å². The highest BCUT2D eigenvalue weighted by Gasteiger charge is 2.12. The van der Waals surface area contributed by atoms with Gasteiger partial charge in [-0.2, -0.15) is 0 Å². The molecular formula is C9H11IN2O2. The number of hydrogen-bond acceptors (Lipinski definition) is 3. The summed E-state index contributed by atoms with van der Waals surface area (Å²) in [4.78, 5) is 10.1. The molecule has 14 heavy (non-hydrogen) atoms. The largest absolute Gasteiger partial charge is 0.324 e. The van der Waals surface area contributed by atoms with E-state index in [1.54, 1.807) is 12.1 Å². The second-order valence-corrected chi connectivity index (χ2v) is 4.14. The lowest BCUT2D eigenvalue weighted by atomic mass is 10.1. The first-order valence-electron chi connectivity index (χ1n) is 4.25. The fraction of sp³-hybridized carbons (Fsp3) is 0.333. The first kappa shape index (κ1) is 11.4. The average Bonchev–Trinajstić information content (AvgIpc) is 2.16. The second kappa shape index (κ2) is 4.70. The Morgan fingerprint density at radius 3 is 2.71 bits per heavy atom. The maximum absolute atomic E-state index is 10.5. The minimum atomic E-state index is -0.399. The molecule has 0 amide bonds. The summed E-state index contributed by atoms with van der Waals surface area (Å²) in [6, 6.07) is 4.73. The van der Waals surface area contributed by atoms with Crippen molar-refractivity contribution in [2.45, 2.75) is 19.4 Å². The maximum Gasteiger partial charge on any atom is 0.270 e. The summed E-state index contributed by atoms with van der Waals surface area (Å²) in [6.07, 6.45) is 0.827. The predicted octanol–water partition coefficient (Wildman–Crippen LogP) is 2.61. The molecule has 4 nitrogen and oxygen atoms in total. The van der Waals surface area contributed by atoms with Gasteiger partial charge in [-0.3, -0.25) is 10.1 Å². The van der Waals surface area contributed by atoms with Gasteiger partial charge in [0, 0.05) is 21.7 Å². The van der Waals surface area contributed by atoms with Crippen molar-refractivity contribution in [2.75, 3.05) is 0 Å². The summed E-state index contributed by atoms with van der Waals surface area (Å²) in [6.45, 7) is 1.99. The zero-order chi connectivity index (χ0) is 10.7. The molecule has 1 aromatic carbocycles. The molecule has 1 atom stereocenters. The molecule has 2 N–H and O–H groups in total. The normalized spacial score (nSPS) is 12.5. The molecule has 0 aromatic heterocycles. The number of nitro benzene ring substituents is 1. The van der Waals surface area contributed by atoms with E-state index >= 15 is 0 Å². The topological polar surface area (TPSA) is 69.2 Å². The number of hydrogen-bond donors (Lipinski definition) is 1. The second-order valence-electron chi connectivity index (χ2n) is 2.98. The quantitative estimate of drug-likeness (QED) is 0.530. The number of nitro groups is 1. The van der Waals surface area contributed by atoms with Crippen LogP contribution in [0.3, 0.4) is 0 Å². The molecule has 0 aliphatic heterocycles. The zero-order valence-corrected chi connectivity index (χ0v) is 9.89. The van der Waals surface area contributed by atoms with Crippen LogP contribution in [-0.4, -0.2) is 4.92 Å². The standard InChI is InChI=1S/C9H11IN2O2/c1-2-9(11)7-4-3-6(12(13)14)5-8(7)10/h3-5,9H,2,11H2,1H3. The van der Waals surface area contributed by atoms with Crippen molar-refractivity contribution in [3.8, 4) is 0 Å². The van der Waals surface area contributed by atoms with Gasteiger partial charge in [-0.15, -0.1) is 0 Å². The van der Waals surface area contributed by atoms with Gasteiger partial charge in [-0.05, 0) is 40.6 Å². The Kier molecular flexibility index (Phi) is 3.82. The molecule has 1 unspecified atom stereocenters. The monoisotopic (exact) mass is 306 g/mol. The van der Waals surface area contributed by atoms with Gasteiger partial charge >= 0.3 is 0 Å². The molecule has 76 valence electrons. The molecule has 1 aromatic rings. The smallest absolute Gasteiger partial charge is 0.270 e. The fourth-order valence-electron chi connectivity index (χ4n) is 1.15. The van der Waals surface area contributed by atoms with E-state index in [1.807, 2.05) is 6.92 Å². The van der Waals surface area contributed by atoms with Crippen LogP contribution in [0.1, 0.15) is 24.9 Å². The Hall–Kier alpha value is -0.690. The number of nitrogens with zero attached hydrogens (tertiary/aromatic N) is 1. The number of halogens is 1. The van der Waals surface area contributed by atoms with E-state index in [2.05, 4.69) is 22.6 Å². The van der Waals surface area contributed by atoms with Crippen LogP contribution in [0.4, 0.5) is 5.69 Å². The van der Waals surface area contributed by atoms with Crippen molar-refractivity contribution < 1.29 is 4.92 Å². The molecule has 0 fully saturated rings. The van der Waals surface area contributed by atoms with Crippen LogP contribution in [0, 0.1) is 13.7 Å². The van der Waals surface area contributed by atoms with Crippen LogP contribution >= 0.6 is 22.6 Å². The first-order chi connectivity index (χ1) is 6.56. The number of nitrogens with two attached hydrogens (primary N) is 1. The molecule has 0 radical (unpaired) electrons. The third kappa shape index (κ3) is 2.42. The number of rotatable bonds is 3.